The molecule has 1 aromatic carbocycles. The van der Waals surface area contributed by atoms with Crippen LogP contribution in [0.2, 0.25) is 0 Å². The number of hydrogen-bond donors (Lipinski definition) is 2. The Bertz CT molecular complexity index is 540. The van der Waals surface area contributed by atoms with Crippen LogP contribution in [0.25, 0.3) is 0 Å². The molecule has 0 saturated carbocycles. The van der Waals surface area contributed by atoms with Crippen LogP contribution in [0.5, 0.6) is 0 Å². The van der Waals surface area contributed by atoms with Gasteiger partial charge in [-0.05, 0) is 18.2 Å². The fraction of sp³-hybridized carbons (Fsp3) is 0.333. The number of anilines is 1. The Balaban J connectivity index is 2.02. The van der Waals surface area contributed by atoms with Gasteiger partial charge in [-0.1, -0.05) is 15.9 Å². The highest BCUT2D eigenvalue weighted by Crippen LogP contribution is 2.20. The number of carbonyl (C=O) groups is 2. The van der Waals surface area contributed by atoms with Gasteiger partial charge in [0.15, 0.2) is 6.10 Å². The van der Waals surface area contributed by atoms with Crippen molar-refractivity contribution in [3.8, 4) is 0 Å². The monoisotopic (exact) mass is 346 g/mol. The zero-order chi connectivity index (χ0) is 14.7. The molecule has 8 heteroatoms. The van der Waals surface area contributed by atoms with Gasteiger partial charge < -0.3 is 20.1 Å². The quantitative estimate of drug-likeness (QED) is 0.857. The maximum absolute atomic E-state index is 13.6. The first kappa shape index (κ1) is 14.7. The highest BCUT2D eigenvalue weighted by atomic mass is 79.9. The molecule has 1 heterocycles. The zero-order valence-electron chi connectivity index (χ0n) is 10.3. The largest absolute Gasteiger partial charge is 0.479 e. The van der Waals surface area contributed by atoms with Gasteiger partial charge in [-0.15, -0.1) is 0 Å². The van der Waals surface area contributed by atoms with Crippen molar-refractivity contribution in [2.75, 3.05) is 25.0 Å². The predicted molar refractivity (Wildman–Crippen MR) is 72.1 cm³/mol. The van der Waals surface area contributed by atoms with E-state index in [1.54, 1.807) is 6.07 Å². The molecule has 2 amide bonds. The number of aliphatic carboxylic acids is 1. The molecular formula is C12H12BrFN2O4. The van der Waals surface area contributed by atoms with Crippen LogP contribution in [0.1, 0.15) is 0 Å². The minimum atomic E-state index is -1.13. The number of carboxylic acid groups (broad SMARTS) is 1. The van der Waals surface area contributed by atoms with Gasteiger partial charge in [-0.3, -0.25) is 0 Å². The second kappa shape index (κ2) is 6.19. The molecule has 2 rings (SSSR count). The summed E-state index contributed by atoms with van der Waals surface area (Å²) in [5, 5.41) is 11.3. The van der Waals surface area contributed by atoms with E-state index in [1.807, 2.05) is 0 Å². The summed E-state index contributed by atoms with van der Waals surface area (Å²) in [6.07, 6.45) is -1.05. The Kier molecular flexibility index (Phi) is 4.56. The van der Waals surface area contributed by atoms with Crippen molar-refractivity contribution in [2.45, 2.75) is 6.10 Å². The Morgan fingerprint density at radius 2 is 2.25 bits per heavy atom. The van der Waals surface area contributed by atoms with Gasteiger partial charge in [0.05, 0.1) is 18.8 Å². The topological polar surface area (TPSA) is 78.9 Å². The molecule has 0 aromatic heterocycles. The second-order valence-corrected chi connectivity index (χ2v) is 5.11. The number of rotatable bonds is 2. The van der Waals surface area contributed by atoms with Crippen LogP contribution < -0.4 is 5.32 Å². The van der Waals surface area contributed by atoms with Crippen molar-refractivity contribution in [1.82, 2.24) is 4.90 Å². The first-order chi connectivity index (χ1) is 9.47. The molecular weight excluding hydrogens is 335 g/mol. The van der Waals surface area contributed by atoms with E-state index in [4.69, 9.17) is 9.84 Å². The number of morpholine rings is 1. The number of halogens is 2. The molecule has 1 fully saturated rings. The fourth-order valence-electron chi connectivity index (χ4n) is 1.77. The SMILES string of the molecule is O=C(O)C1CN(C(=O)Nc2ccc(Br)cc2F)CCO1. The molecule has 20 heavy (non-hydrogen) atoms. The maximum Gasteiger partial charge on any atom is 0.334 e. The van der Waals surface area contributed by atoms with E-state index in [-0.39, 0.29) is 25.4 Å². The summed E-state index contributed by atoms with van der Waals surface area (Å²) in [6.45, 7) is 0.320. The molecule has 0 bridgehead atoms. The van der Waals surface area contributed by atoms with E-state index in [1.165, 1.54) is 17.0 Å². The number of nitrogens with zero attached hydrogens (tertiary/aromatic N) is 1. The van der Waals surface area contributed by atoms with Crippen molar-refractivity contribution in [3.63, 3.8) is 0 Å². The number of carbonyl (C=O) groups excluding carboxylic acids is 1. The van der Waals surface area contributed by atoms with Crippen LogP contribution in [0.4, 0.5) is 14.9 Å². The minimum Gasteiger partial charge on any atom is -0.479 e. The Hall–Kier alpha value is -1.67. The van der Waals surface area contributed by atoms with E-state index in [0.717, 1.165) is 0 Å². The molecule has 1 atom stereocenters. The molecule has 108 valence electrons. The lowest BCUT2D eigenvalue weighted by atomic mass is 10.3. The van der Waals surface area contributed by atoms with Gasteiger partial charge in [0, 0.05) is 11.0 Å². The summed E-state index contributed by atoms with van der Waals surface area (Å²) in [4.78, 5) is 24.1. The van der Waals surface area contributed by atoms with E-state index in [9.17, 15) is 14.0 Å². The molecule has 1 saturated heterocycles. The zero-order valence-corrected chi connectivity index (χ0v) is 11.9. The fourth-order valence-corrected chi connectivity index (χ4v) is 2.10. The summed E-state index contributed by atoms with van der Waals surface area (Å²) < 4.78 is 19.2. The van der Waals surface area contributed by atoms with Crippen LogP contribution in [0, 0.1) is 5.82 Å². The molecule has 2 N–H and O–H groups in total. The van der Waals surface area contributed by atoms with Gasteiger partial charge in [0.1, 0.15) is 5.82 Å². The first-order valence-electron chi connectivity index (χ1n) is 5.83. The highest BCUT2D eigenvalue weighted by Gasteiger charge is 2.29. The molecule has 0 aliphatic carbocycles. The van der Waals surface area contributed by atoms with Gasteiger partial charge in [-0.25, -0.2) is 14.0 Å². The summed E-state index contributed by atoms with van der Waals surface area (Å²) >= 11 is 3.12. The van der Waals surface area contributed by atoms with Crippen molar-refractivity contribution < 1.29 is 23.8 Å². The van der Waals surface area contributed by atoms with Crippen molar-refractivity contribution >= 4 is 33.6 Å². The lowest BCUT2D eigenvalue weighted by molar-refractivity contribution is -0.154. The van der Waals surface area contributed by atoms with E-state index in [2.05, 4.69) is 21.2 Å². The molecule has 1 aromatic rings. The normalized spacial score (nSPS) is 18.7. The van der Waals surface area contributed by atoms with Gasteiger partial charge in [0.25, 0.3) is 0 Å². The smallest absolute Gasteiger partial charge is 0.334 e. The standard InChI is InChI=1S/C12H12BrFN2O4/c13-7-1-2-9(8(14)5-7)15-12(19)16-3-4-20-10(6-16)11(17)18/h1-2,5,10H,3-4,6H2,(H,15,19)(H,17,18). The molecule has 0 spiro atoms. The van der Waals surface area contributed by atoms with Crippen molar-refractivity contribution in [3.05, 3.63) is 28.5 Å². The van der Waals surface area contributed by atoms with Crippen molar-refractivity contribution in [2.24, 2.45) is 0 Å². The molecule has 1 aliphatic heterocycles. The van der Waals surface area contributed by atoms with Crippen molar-refractivity contribution in [1.29, 1.82) is 0 Å². The van der Waals surface area contributed by atoms with Crippen LogP contribution in [0.15, 0.2) is 22.7 Å². The number of nitrogens with one attached hydrogen (secondary N) is 1. The lowest BCUT2D eigenvalue weighted by Gasteiger charge is -2.30. The number of hydrogen-bond acceptors (Lipinski definition) is 3. The Labute approximate surface area is 122 Å². The number of amides is 2. The lowest BCUT2D eigenvalue weighted by Crippen LogP contribution is -2.50. The predicted octanol–water partition coefficient (Wildman–Crippen LogP) is 1.91. The van der Waals surface area contributed by atoms with Gasteiger partial charge in [0.2, 0.25) is 0 Å². The summed E-state index contributed by atoms with van der Waals surface area (Å²) in [7, 11) is 0. The van der Waals surface area contributed by atoms with Crippen LogP contribution in [0.3, 0.4) is 0 Å². The average Bonchev–Trinajstić information content (AvgIpc) is 2.42. The summed E-state index contributed by atoms with van der Waals surface area (Å²) in [5.41, 5.74) is 0.0385. The number of ether oxygens (including phenoxy) is 1. The third kappa shape index (κ3) is 3.45. The van der Waals surface area contributed by atoms with Crippen LogP contribution in [-0.4, -0.2) is 47.8 Å². The van der Waals surface area contributed by atoms with Gasteiger partial charge in [-0.2, -0.15) is 0 Å². The minimum absolute atomic E-state index is 0.0385. The van der Waals surface area contributed by atoms with E-state index in [0.29, 0.717) is 4.47 Å². The molecule has 6 nitrogen and oxygen atoms in total. The highest BCUT2D eigenvalue weighted by molar-refractivity contribution is 9.10. The van der Waals surface area contributed by atoms with E-state index >= 15 is 0 Å². The third-order valence-electron chi connectivity index (χ3n) is 2.80. The maximum atomic E-state index is 13.6. The first-order valence-corrected chi connectivity index (χ1v) is 6.62. The third-order valence-corrected chi connectivity index (χ3v) is 3.30. The number of benzene rings is 1. The van der Waals surface area contributed by atoms with Crippen LogP contribution in [-0.2, 0) is 9.53 Å². The van der Waals surface area contributed by atoms with Gasteiger partial charge >= 0.3 is 12.0 Å². The number of urea groups is 1. The molecule has 1 aliphatic rings. The Morgan fingerprint density at radius 1 is 1.50 bits per heavy atom. The Morgan fingerprint density at radius 3 is 2.90 bits per heavy atom. The van der Waals surface area contributed by atoms with Crippen LogP contribution >= 0.6 is 15.9 Å². The number of carboxylic acids is 1. The average molecular weight is 347 g/mol. The second-order valence-electron chi connectivity index (χ2n) is 4.20. The molecule has 0 radical (unpaired) electrons. The molecule has 1 unspecified atom stereocenters. The summed E-state index contributed by atoms with van der Waals surface area (Å²) in [5.74, 6) is -1.70. The summed E-state index contributed by atoms with van der Waals surface area (Å²) in [6, 6.07) is 3.69. The van der Waals surface area contributed by atoms with E-state index < -0.39 is 23.9 Å².